The number of hydrogen-bond acceptors (Lipinski definition) is 3. The third-order valence-electron chi connectivity index (χ3n) is 4.58. The van der Waals surface area contributed by atoms with Gasteiger partial charge in [-0.25, -0.2) is 0 Å². The predicted molar refractivity (Wildman–Crippen MR) is 96.4 cm³/mol. The predicted octanol–water partition coefficient (Wildman–Crippen LogP) is 2.67. The molecule has 1 aromatic heterocycles. The molecule has 1 N–H and O–H groups in total. The number of nitrogens with one attached hydrogen (secondary N) is 1. The van der Waals surface area contributed by atoms with Gasteiger partial charge >= 0.3 is 0 Å². The molecule has 0 saturated heterocycles. The molecule has 3 rings (SSSR count). The number of fused-ring (bicyclic) bond motifs is 3. The Morgan fingerprint density at radius 1 is 1.46 bits per heavy atom. The van der Waals surface area contributed by atoms with Crippen molar-refractivity contribution in [3.05, 3.63) is 34.5 Å². The van der Waals surface area contributed by atoms with E-state index in [4.69, 9.17) is 16.3 Å². The minimum atomic E-state index is 0.178. The average Bonchev–Trinajstić information content (AvgIpc) is 2.92. The molecule has 1 aliphatic heterocycles. The van der Waals surface area contributed by atoms with Gasteiger partial charge in [-0.05, 0) is 31.7 Å². The van der Waals surface area contributed by atoms with Crippen molar-refractivity contribution < 1.29 is 9.53 Å². The van der Waals surface area contributed by atoms with Gasteiger partial charge in [-0.1, -0.05) is 11.6 Å². The van der Waals surface area contributed by atoms with Crippen LogP contribution in [0.4, 0.5) is 0 Å². The Hall–Kier alpha value is -1.56. The number of likely N-dealkylation sites (N-methyl/N-ethyl adjacent to an activating group) is 1. The third-order valence-corrected chi connectivity index (χ3v) is 4.82. The highest BCUT2D eigenvalue weighted by Gasteiger charge is 2.24. The van der Waals surface area contributed by atoms with Crippen molar-refractivity contribution in [2.75, 3.05) is 40.4 Å². The molecule has 5 nitrogen and oxygen atoms in total. The molecule has 2 heterocycles. The Kier molecular flexibility index (Phi) is 5.43. The van der Waals surface area contributed by atoms with Crippen LogP contribution < -0.4 is 0 Å². The number of benzene rings is 1. The highest BCUT2D eigenvalue weighted by molar-refractivity contribution is 6.31. The van der Waals surface area contributed by atoms with E-state index < -0.39 is 0 Å². The normalized spacial score (nSPS) is 14.4. The summed E-state index contributed by atoms with van der Waals surface area (Å²) >= 11 is 6.13. The number of amides is 1. The summed E-state index contributed by atoms with van der Waals surface area (Å²) in [6, 6.07) is 5.88. The maximum atomic E-state index is 12.6. The van der Waals surface area contributed by atoms with Crippen molar-refractivity contribution in [1.29, 1.82) is 0 Å². The minimum Gasteiger partial charge on any atom is -0.385 e. The maximum Gasteiger partial charge on any atom is 0.237 e. The Morgan fingerprint density at radius 2 is 2.29 bits per heavy atom. The number of H-pyrrole nitrogens is 1. The molecule has 0 radical (unpaired) electrons. The van der Waals surface area contributed by atoms with E-state index in [2.05, 4.69) is 9.88 Å². The topological polar surface area (TPSA) is 48.6 Å². The van der Waals surface area contributed by atoms with Crippen LogP contribution in [0.15, 0.2) is 18.2 Å². The van der Waals surface area contributed by atoms with E-state index >= 15 is 0 Å². The average molecular weight is 350 g/mol. The van der Waals surface area contributed by atoms with Crippen LogP contribution in [0.3, 0.4) is 0 Å². The van der Waals surface area contributed by atoms with Crippen molar-refractivity contribution >= 4 is 28.4 Å². The first-order valence-corrected chi connectivity index (χ1v) is 8.70. The number of carbonyl (C=O) groups excluding carboxylic acids is 1. The number of methoxy groups -OCH3 is 1. The van der Waals surface area contributed by atoms with Crippen LogP contribution in [0, 0.1) is 0 Å². The first-order valence-electron chi connectivity index (χ1n) is 8.32. The molecule has 130 valence electrons. The summed E-state index contributed by atoms with van der Waals surface area (Å²) < 4.78 is 5.06. The van der Waals surface area contributed by atoms with Gasteiger partial charge in [-0.15, -0.1) is 0 Å². The van der Waals surface area contributed by atoms with Crippen LogP contribution in [0.5, 0.6) is 0 Å². The zero-order valence-corrected chi connectivity index (χ0v) is 15.0. The van der Waals surface area contributed by atoms with E-state index in [9.17, 15) is 4.79 Å². The van der Waals surface area contributed by atoms with E-state index in [1.165, 1.54) is 11.3 Å². The number of rotatable bonds is 6. The zero-order valence-electron chi connectivity index (χ0n) is 14.3. The molecule has 0 bridgehead atoms. The second kappa shape index (κ2) is 7.55. The molecular weight excluding hydrogens is 326 g/mol. The molecule has 2 aromatic rings. The van der Waals surface area contributed by atoms with Gasteiger partial charge in [-0.3, -0.25) is 9.69 Å². The van der Waals surface area contributed by atoms with Gasteiger partial charge in [0.25, 0.3) is 0 Å². The molecular formula is C18H24ClN3O2. The molecule has 24 heavy (non-hydrogen) atoms. The van der Waals surface area contributed by atoms with Gasteiger partial charge < -0.3 is 14.6 Å². The summed E-state index contributed by atoms with van der Waals surface area (Å²) in [5, 5.41) is 1.86. The van der Waals surface area contributed by atoms with Crippen molar-refractivity contribution in [2.24, 2.45) is 0 Å². The molecule has 1 aliphatic rings. The van der Waals surface area contributed by atoms with Crippen molar-refractivity contribution in [3.63, 3.8) is 0 Å². The van der Waals surface area contributed by atoms with Crippen molar-refractivity contribution in [2.45, 2.75) is 19.4 Å². The standard InChI is InChI=1S/C18H24ClN3O2/c1-21(7-3-9-24-2)12-18(23)22-8-6-17-15(11-22)14-10-13(19)4-5-16(14)20-17/h4-5,10,20H,3,6-9,11-12H2,1-2H3. The monoisotopic (exact) mass is 349 g/mol. The summed E-state index contributed by atoms with van der Waals surface area (Å²) in [7, 11) is 3.68. The SMILES string of the molecule is COCCCN(C)CC(=O)N1CCc2[nH]c3ccc(Cl)cc3c2C1. The van der Waals surface area contributed by atoms with Crippen LogP contribution in [0.25, 0.3) is 10.9 Å². The Labute approximate surface area is 147 Å². The highest BCUT2D eigenvalue weighted by atomic mass is 35.5. The number of aromatic nitrogens is 1. The summed E-state index contributed by atoms with van der Waals surface area (Å²) in [5.74, 6) is 0.178. The fraction of sp³-hybridized carbons (Fsp3) is 0.500. The summed E-state index contributed by atoms with van der Waals surface area (Å²) in [4.78, 5) is 20.1. The fourth-order valence-corrected chi connectivity index (χ4v) is 3.46. The van der Waals surface area contributed by atoms with Gasteiger partial charge in [0.15, 0.2) is 0 Å². The number of ether oxygens (including phenoxy) is 1. The highest BCUT2D eigenvalue weighted by Crippen LogP contribution is 2.29. The van der Waals surface area contributed by atoms with Crippen molar-refractivity contribution in [1.82, 2.24) is 14.8 Å². The lowest BCUT2D eigenvalue weighted by atomic mass is 10.0. The molecule has 0 unspecified atom stereocenters. The fourth-order valence-electron chi connectivity index (χ4n) is 3.29. The van der Waals surface area contributed by atoms with Gasteiger partial charge in [0, 0.05) is 67.0 Å². The quantitative estimate of drug-likeness (QED) is 0.816. The summed E-state index contributed by atoms with van der Waals surface area (Å²) in [6.07, 6.45) is 1.80. The van der Waals surface area contributed by atoms with Gasteiger partial charge in [0.05, 0.1) is 6.54 Å². The molecule has 0 fully saturated rings. The van der Waals surface area contributed by atoms with Crippen LogP contribution >= 0.6 is 11.6 Å². The minimum absolute atomic E-state index is 0.178. The summed E-state index contributed by atoms with van der Waals surface area (Å²) in [6.45, 7) is 3.45. The summed E-state index contributed by atoms with van der Waals surface area (Å²) in [5.41, 5.74) is 3.52. The zero-order chi connectivity index (χ0) is 17.1. The molecule has 0 spiro atoms. The number of hydrogen-bond donors (Lipinski definition) is 1. The van der Waals surface area contributed by atoms with E-state index in [1.54, 1.807) is 7.11 Å². The molecule has 0 saturated carbocycles. The number of aromatic amines is 1. The van der Waals surface area contributed by atoms with Crippen LogP contribution in [0.1, 0.15) is 17.7 Å². The lowest BCUT2D eigenvalue weighted by Gasteiger charge is -2.29. The lowest BCUT2D eigenvalue weighted by Crippen LogP contribution is -2.41. The number of halogens is 1. The number of carbonyl (C=O) groups is 1. The van der Waals surface area contributed by atoms with Crippen LogP contribution in [-0.4, -0.2) is 61.1 Å². The molecule has 1 aromatic carbocycles. The maximum absolute atomic E-state index is 12.6. The second-order valence-corrected chi connectivity index (χ2v) is 6.86. The first-order chi connectivity index (χ1) is 11.6. The molecule has 6 heteroatoms. The molecule has 0 atom stereocenters. The van der Waals surface area contributed by atoms with Gasteiger partial charge in [-0.2, -0.15) is 0 Å². The smallest absolute Gasteiger partial charge is 0.237 e. The Bertz CT molecular complexity index is 728. The van der Waals surface area contributed by atoms with Crippen molar-refractivity contribution in [3.8, 4) is 0 Å². The van der Waals surface area contributed by atoms with E-state index in [0.717, 1.165) is 48.5 Å². The number of nitrogens with zero attached hydrogens (tertiary/aromatic N) is 2. The van der Waals surface area contributed by atoms with E-state index in [-0.39, 0.29) is 5.91 Å². The van der Waals surface area contributed by atoms with E-state index in [0.29, 0.717) is 13.1 Å². The Morgan fingerprint density at radius 3 is 3.08 bits per heavy atom. The Balaban J connectivity index is 1.67. The largest absolute Gasteiger partial charge is 0.385 e. The third kappa shape index (κ3) is 3.74. The van der Waals surface area contributed by atoms with Gasteiger partial charge in [0.2, 0.25) is 5.91 Å². The van der Waals surface area contributed by atoms with E-state index in [1.807, 2.05) is 30.1 Å². The van der Waals surface area contributed by atoms with Gasteiger partial charge in [0.1, 0.15) is 0 Å². The molecule has 1 amide bonds. The molecule has 0 aliphatic carbocycles. The lowest BCUT2D eigenvalue weighted by molar-refractivity contribution is -0.133. The first kappa shape index (κ1) is 17.3. The van der Waals surface area contributed by atoms with Crippen LogP contribution in [0.2, 0.25) is 5.02 Å². The second-order valence-electron chi connectivity index (χ2n) is 6.42. The van der Waals surface area contributed by atoms with Crippen LogP contribution in [-0.2, 0) is 22.5 Å².